The Bertz CT molecular complexity index is 551. The van der Waals surface area contributed by atoms with E-state index in [1.807, 2.05) is 11.3 Å². The molecule has 0 atom stereocenters. The largest absolute Gasteiger partial charge is 0.314 e. The lowest BCUT2D eigenvalue weighted by molar-refractivity contribution is 0.594. The average Bonchev–Trinajstić information content (AvgIpc) is 2.78. The molecule has 0 saturated heterocycles. The van der Waals surface area contributed by atoms with E-state index >= 15 is 0 Å². The summed E-state index contributed by atoms with van der Waals surface area (Å²) in [5.41, 5.74) is 2.93. The summed E-state index contributed by atoms with van der Waals surface area (Å²) in [5, 5.41) is 7.16. The van der Waals surface area contributed by atoms with Crippen LogP contribution in [0.1, 0.15) is 32.8 Å². The topological polar surface area (TPSA) is 12.0 Å². The summed E-state index contributed by atoms with van der Waals surface area (Å²) in [6.45, 7) is 7.68. The van der Waals surface area contributed by atoms with Gasteiger partial charge < -0.3 is 5.32 Å². The molecule has 1 heterocycles. The molecule has 2 rings (SSSR count). The van der Waals surface area contributed by atoms with Crippen LogP contribution in [-0.2, 0) is 6.42 Å². The number of allylic oxidation sites excluding steroid dienone is 1. The maximum atomic E-state index is 3.45. The van der Waals surface area contributed by atoms with Gasteiger partial charge in [-0.1, -0.05) is 43.7 Å². The summed E-state index contributed by atoms with van der Waals surface area (Å²) in [7, 11) is 0. The van der Waals surface area contributed by atoms with Gasteiger partial charge in [0.05, 0.1) is 0 Å². The predicted octanol–water partition coefficient (Wildman–Crippen LogP) is 4.78. The number of fused-ring (bicyclic) bond motifs is 1. The molecule has 0 fully saturated rings. The third-order valence-electron chi connectivity index (χ3n) is 3.22. The monoisotopic (exact) mass is 273 g/mol. The summed E-state index contributed by atoms with van der Waals surface area (Å²) in [5.74, 6) is 0. The summed E-state index contributed by atoms with van der Waals surface area (Å²) < 4.78 is 1.40. The summed E-state index contributed by atoms with van der Waals surface area (Å²) in [6, 6.07) is 9.26. The third kappa shape index (κ3) is 4.19. The van der Waals surface area contributed by atoms with E-state index in [9.17, 15) is 0 Å². The Balaban J connectivity index is 1.95. The predicted molar refractivity (Wildman–Crippen MR) is 87.0 cm³/mol. The zero-order chi connectivity index (χ0) is 13.7. The van der Waals surface area contributed by atoms with Crippen LogP contribution >= 0.6 is 11.3 Å². The number of rotatable bonds is 6. The zero-order valence-electron chi connectivity index (χ0n) is 12.1. The van der Waals surface area contributed by atoms with Crippen LogP contribution in [0.5, 0.6) is 0 Å². The molecule has 102 valence electrons. The highest BCUT2D eigenvalue weighted by molar-refractivity contribution is 7.17. The maximum Gasteiger partial charge on any atom is 0.0345 e. The van der Waals surface area contributed by atoms with Crippen LogP contribution in [0.2, 0.25) is 0 Å². The number of hydrogen-bond donors (Lipinski definition) is 1. The fourth-order valence-electron chi connectivity index (χ4n) is 2.23. The summed E-state index contributed by atoms with van der Waals surface area (Å²) >= 11 is 1.85. The van der Waals surface area contributed by atoms with E-state index < -0.39 is 0 Å². The van der Waals surface area contributed by atoms with Crippen molar-refractivity contribution in [3.63, 3.8) is 0 Å². The molecule has 1 aromatic carbocycles. The average molecular weight is 273 g/mol. The third-order valence-corrected chi connectivity index (χ3v) is 4.23. The van der Waals surface area contributed by atoms with Gasteiger partial charge in [-0.2, -0.15) is 0 Å². The quantitative estimate of drug-likeness (QED) is 0.590. The second-order valence-corrected chi connectivity index (χ2v) is 6.29. The minimum atomic E-state index is 0.578. The molecule has 1 N–H and O–H groups in total. The Morgan fingerprint density at radius 2 is 2.11 bits per heavy atom. The van der Waals surface area contributed by atoms with Gasteiger partial charge in [-0.05, 0) is 48.7 Å². The maximum absolute atomic E-state index is 3.45. The molecular formula is C17H23NS. The standard InChI is InChI=1S/C17H23NS/c1-13(2)18-10-6-7-14(3)11-15-12-19-17-9-5-4-8-16(15)17/h4-5,7-9,12-13,18H,6,10-11H2,1-3H3. The Hall–Kier alpha value is -1.12. The van der Waals surface area contributed by atoms with Gasteiger partial charge in [0, 0.05) is 10.7 Å². The van der Waals surface area contributed by atoms with Crippen LogP contribution in [-0.4, -0.2) is 12.6 Å². The summed E-state index contributed by atoms with van der Waals surface area (Å²) in [6.07, 6.45) is 4.56. The van der Waals surface area contributed by atoms with Crippen LogP contribution in [0.25, 0.3) is 10.1 Å². The van der Waals surface area contributed by atoms with Crippen molar-refractivity contribution in [1.82, 2.24) is 5.32 Å². The molecule has 2 heteroatoms. The van der Waals surface area contributed by atoms with Crippen molar-refractivity contribution in [3.05, 3.63) is 46.9 Å². The molecule has 19 heavy (non-hydrogen) atoms. The minimum absolute atomic E-state index is 0.578. The highest BCUT2D eigenvalue weighted by Gasteiger charge is 2.03. The molecule has 0 bridgehead atoms. The number of hydrogen-bond acceptors (Lipinski definition) is 2. The number of thiophene rings is 1. The van der Waals surface area contributed by atoms with Crippen LogP contribution in [0, 0.1) is 0 Å². The van der Waals surface area contributed by atoms with Gasteiger partial charge in [-0.15, -0.1) is 11.3 Å². The Morgan fingerprint density at radius 1 is 1.32 bits per heavy atom. The molecule has 0 radical (unpaired) electrons. The van der Waals surface area contributed by atoms with Crippen LogP contribution in [0.4, 0.5) is 0 Å². The van der Waals surface area contributed by atoms with E-state index in [-0.39, 0.29) is 0 Å². The molecule has 1 aromatic heterocycles. The van der Waals surface area contributed by atoms with E-state index in [0.717, 1.165) is 19.4 Å². The fraction of sp³-hybridized carbons (Fsp3) is 0.412. The smallest absolute Gasteiger partial charge is 0.0345 e. The van der Waals surface area contributed by atoms with Crippen molar-refractivity contribution >= 4 is 21.4 Å². The molecule has 0 spiro atoms. The fourth-order valence-corrected chi connectivity index (χ4v) is 3.20. The van der Waals surface area contributed by atoms with Crippen molar-refractivity contribution in [1.29, 1.82) is 0 Å². The second-order valence-electron chi connectivity index (χ2n) is 5.38. The zero-order valence-corrected chi connectivity index (χ0v) is 12.9. The highest BCUT2D eigenvalue weighted by atomic mass is 32.1. The number of nitrogens with one attached hydrogen (secondary N) is 1. The molecular weight excluding hydrogens is 250 g/mol. The van der Waals surface area contributed by atoms with Crippen LogP contribution in [0.15, 0.2) is 41.3 Å². The van der Waals surface area contributed by atoms with Crippen LogP contribution in [0.3, 0.4) is 0 Å². The van der Waals surface area contributed by atoms with E-state index in [1.54, 1.807) is 0 Å². The lowest BCUT2D eigenvalue weighted by Crippen LogP contribution is -2.23. The van der Waals surface area contributed by atoms with Crippen molar-refractivity contribution in [2.24, 2.45) is 0 Å². The van der Waals surface area contributed by atoms with E-state index in [0.29, 0.717) is 6.04 Å². The normalized spacial score (nSPS) is 12.5. The molecule has 0 amide bonds. The van der Waals surface area contributed by atoms with Gasteiger partial charge in [-0.3, -0.25) is 0 Å². The van der Waals surface area contributed by atoms with Gasteiger partial charge in [-0.25, -0.2) is 0 Å². The first-order valence-corrected chi connectivity index (χ1v) is 7.89. The van der Waals surface area contributed by atoms with Crippen molar-refractivity contribution in [2.75, 3.05) is 6.54 Å². The van der Waals surface area contributed by atoms with Crippen molar-refractivity contribution in [3.8, 4) is 0 Å². The van der Waals surface area contributed by atoms with Gasteiger partial charge >= 0.3 is 0 Å². The van der Waals surface area contributed by atoms with Gasteiger partial charge in [0.25, 0.3) is 0 Å². The minimum Gasteiger partial charge on any atom is -0.314 e. The van der Waals surface area contributed by atoms with Crippen molar-refractivity contribution < 1.29 is 0 Å². The van der Waals surface area contributed by atoms with E-state index in [4.69, 9.17) is 0 Å². The van der Waals surface area contributed by atoms with Gasteiger partial charge in [0.1, 0.15) is 0 Å². The lowest BCUT2D eigenvalue weighted by atomic mass is 10.0. The van der Waals surface area contributed by atoms with Crippen molar-refractivity contribution in [2.45, 2.75) is 39.7 Å². The SMILES string of the molecule is CC(=CCCNC(C)C)Cc1csc2ccccc12. The van der Waals surface area contributed by atoms with Crippen LogP contribution < -0.4 is 5.32 Å². The second kappa shape index (κ2) is 6.88. The Kier molecular flexibility index (Phi) is 5.17. The Morgan fingerprint density at radius 3 is 2.89 bits per heavy atom. The first-order chi connectivity index (χ1) is 9.16. The number of benzene rings is 1. The van der Waals surface area contributed by atoms with E-state index in [1.165, 1.54) is 21.2 Å². The molecule has 0 unspecified atom stereocenters. The molecule has 0 aliphatic rings. The van der Waals surface area contributed by atoms with Gasteiger partial charge in [0.15, 0.2) is 0 Å². The van der Waals surface area contributed by atoms with E-state index in [2.05, 4.69) is 61.8 Å². The molecule has 0 saturated carbocycles. The molecule has 0 aliphatic heterocycles. The Labute approximate surface area is 120 Å². The van der Waals surface area contributed by atoms with Gasteiger partial charge in [0.2, 0.25) is 0 Å². The highest BCUT2D eigenvalue weighted by Crippen LogP contribution is 2.27. The molecule has 1 nitrogen and oxygen atoms in total. The molecule has 2 aromatic rings. The first kappa shape index (κ1) is 14.3. The summed E-state index contributed by atoms with van der Waals surface area (Å²) in [4.78, 5) is 0. The lowest BCUT2D eigenvalue weighted by Gasteiger charge is -2.06. The molecule has 0 aliphatic carbocycles. The first-order valence-electron chi connectivity index (χ1n) is 7.01.